The number of carbonyl (C=O) groups excluding carboxylic acids is 1. The zero-order chi connectivity index (χ0) is 23.8. The number of hydrogen-bond donors (Lipinski definition) is 3. The standard InChI is InChI=1S/C25H24N6O2S/c1-2-14-31-23(16-26-19-9-4-3-5-10-19)28-30-25(31)34-17-24(33)29-27-15-21-20-11-7-6-8-18(20)12-13-22(21)32/h2-13,15,26,32H,1,14,16-17H2,(H,29,33)/b27-15+. The number of aromatic nitrogens is 3. The van der Waals surface area contributed by atoms with Crippen molar-refractivity contribution in [3.05, 3.63) is 90.8 Å². The van der Waals surface area contributed by atoms with Crippen molar-refractivity contribution in [3.63, 3.8) is 0 Å². The third-order valence-corrected chi connectivity index (χ3v) is 5.96. The number of amides is 1. The molecule has 0 bridgehead atoms. The highest BCUT2D eigenvalue weighted by atomic mass is 32.2. The van der Waals surface area contributed by atoms with Crippen molar-refractivity contribution in [2.75, 3.05) is 11.1 Å². The molecule has 0 radical (unpaired) electrons. The molecule has 0 aliphatic heterocycles. The summed E-state index contributed by atoms with van der Waals surface area (Å²) < 4.78 is 1.91. The molecule has 0 saturated carbocycles. The van der Waals surface area contributed by atoms with Gasteiger partial charge in [0.05, 0.1) is 18.5 Å². The average Bonchev–Trinajstić information content (AvgIpc) is 3.25. The van der Waals surface area contributed by atoms with Gasteiger partial charge in [-0.2, -0.15) is 5.10 Å². The molecule has 0 saturated heterocycles. The van der Waals surface area contributed by atoms with Gasteiger partial charge in [0.2, 0.25) is 0 Å². The molecule has 4 aromatic rings. The molecule has 0 unspecified atom stereocenters. The fraction of sp³-hybridized carbons (Fsp3) is 0.120. The van der Waals surface area contributed by atoms with Crippen LogP contribution in [0.2, 0.25) is 0 Å². The number of hydrazone groups is 1. The van der Waals surface area contributed by atoms with Crippen LogP contribution in [0.4, 0.5) is 5.69 Å². The summed E-state index contributed by atoms with van der Waals surface area (Å²) in [5.41, 5.74) is 4.04. The number of anilines is 1. The number of thioether (sulfide) groups is 1. The Labute approximate surface area is 201 Å². The highest BCUT2D eigenvalue weighted by Crippen LogP contribution is 2.25. The number of hydrogen-bond acceptors (Lipinski definition) is 7. The van der Waals surface area contributed by atoms with Gasteiger partial charge in [0.25, 0.3) is 5.91 Å². The fourth-order valence-electron chi connectivity index (χ4n) is 3.36. The lowest BCUT2D eigenvalue weighted by atomic mass is 10.0. The summed E-state index contributed by atoms with van der Waals surface area (Å²) in [4.78, 5) is 12.3. The monoisotopic (exact) mass is 472 g/mol. The van der Waals surface area contributed by atoms with Crippen molar-refractivity contribution in [1.29, 1.82) is 0 Å². The summed E-state index contributed by atoms with van der Waals surface area (Å²) in [5.74, 6) is 0.662. The molecule has 4 rings (SSSR count). The summed E-state index contributed by atoms with van der Waals surface area (Å²) in [6, 6.07) is 20.9. The van der Waals surface area contributed by atoms with E-state index in [1.165, 1.54) is 18.0 Å². The van der Waals surface area contributed by atoms with Gasteiger partial charge < -0.3 is 15.0 Å². The molecule has 1 aromatic heterocycles. The molecule has 0 aliphatic carbocycles. The molecule has 1 amide bonds. The van der Waals surface area contributed by atoms with Crippen LogP contribution >= 0.6 is 11.8 Å². The first kappa shape index (κ1) is 23.1. The van der Waals surface area contributed by atoms with Crippen molar-refractivity contribution in [1.82, 2.24) is 20.2 Å². The summed E-state index contributed by atoms with van der Waals surface area (Å²) >= 11 is 1.27. The van der Waals surface area contributed by atoms with E-state index in [0.29, 0.717) is 23.8 Å². The topological polar surface area (TPSA) is 104 Å². The molecular formula is C25H24N6O2S. The second-order valence-electron chi connectivity index (χ2n) is 7.32. The van der Waals surface area contributed by atoms with Gasteiger partial charge in [-0.25, -0.2) is 5.43 Å². The van der Waals surface area contributed by atoms with E-state index < -0.39 is 0 Å². The lowest BCUT2D eigenvalue weighted by Crippen LogP contribution is -2.20. The van der Waals surface area contributed by atoms with Crippen LogP contribution in [0.15, 0.2) is 89.6 Å². The number of fused-ring (bicyclic) bond motifs is 1. The SMILES string of the molecule is C=CCn1c(CNc2ccccc2)nnc1SCC(=O)N/N=C/c1c(O)ccc2ccccc12. The van der Waals surface area contributed by atoms with Crippen LogP contribution in [0.1, 0.15) is 11.4 Å². The van der Waals surface area contributed by atoms with Gasteiger partial charge in [-0.05, 0) is 29.0 Å². The van der Waals surface area contributed by atoms with Gasteiger partial charge in [0, 0.05) is 17.8 Å². The molecule has 0 spiro atoms. The lowest BCUT2D eigenvalue weighted by Gasteiger charge is -2.09. The average molecular weight is 473 g/mol. The summed E-state index contributed by atoms with van der Waals surface area (Å²) in [5, 5.41) is 28.5. The highest BCUT2D eigenvalue weighted by molar-refractivity contribution is 7.99. The maximum atomic E-state index is 12.3. The molecule has 9 heteroatoms. The van der Waals surface area contributed by atoms with Gasteiger partial charge in [0.15, 0.2) is 11.0 Å². The first-order valence-electron chi connectivity index (χ1n) is 10.6. The van der Waals surface area contributed by atoms with E-state index in [1.807, 2.05) is 65.2 Å². The van der Waals surface area contributed by atoms with Crippen molar-refractivity contribution in [3.8, 4) is 5.75 Å². The minimum Gasteiger partial charge on any atom is -0.507 e. The van der Waals surface area contributed by atoms with E-state index in [9.17, 15) is 9.90 Å². The number of phenolic OH excluding ortho intramolecular Hbond substituents is 1. The number of nitrogens with zero attached hydrogens (tertiary/aromatic N) is 4. The van der Waals surface area contributed by atoms with Crippen molar-refractivity contribution >= 4 is 40.3 Å². The first-order valence-corrected chi connectivity index (χ1v) is 11.6. The molecule has 1 heterocycles. The number of para-hydroxylation sites is 1. The van der Waals surface area contributed by atoms with E-state index >= 15 is 0 Å². The minimum absolute atomic E-state index is 0.0974. The van der Waals surface area contributed by atoms with Crippen LogP contribution in [0.25, 0.3) is 10.8 Å². The number of phenols is 1. The molecule has 172 valence electrons. The van der Waals surface area contributed by atoms with Crippen LogP contribution < -0.4 is 10.7 Å². The molecule has 3 N–H and O–H groups in total. The predicted molar refractivity (Wildman–Crippen MR) is 136 cm³/mol. The van der Waals surface area contributed by atoms with Gasteiger partial charge in [-0.1, -0.05) is 66.4 Å². The van der Waals surface area contributed by atoms with E-state index in [4.69, 9.17) is 0 Å². The van der Waals surface area contributed by atoms with Crippen LogP contribution in [-0.4, -0.2) is 37.7 Å². The first-order chi connectivity index (χ1) is 16.7. The van der Waals surface area contributed by atoms with Gasteiger partial charge in [-0.15, -0.1) is 16.8 Å². The Morgan fingerprint density at radius 3 is 2.71 bits per heavy atom. The van der Waals surface area contributed by atoms with E-state index in [1.54, 1.807) is 12.1 Å². The second kappa shape index (κ2) is 11.2. The predicted octanol–water partition coefficient (Wildman–Crippen LogP) is 4.18. The molecule has 0 atom stereocenters. The summed E-state index contributed by atoms with van der Waals surface area (Å²) in [7, 11) is 0. The number of allylic oxidation sites excluding steroid dienone is 1. The Kier molecular flexibility index (Phi) is 7.56. The molecule has 8 nitrogen and oxygen atoms in total. The largest absolute Gasteiger partial charge is 0.507 e. The van der Waals surface area contributed by atoms with Crippen LogP contribution in [0, 0.1) is 0 Å². The highest BCUT2D eigenvalue weighted by Gasteiger charge is 2.13. The third-order valence-electron chi connectivity index (χ3n) is 4.99. The van der Waals surface area contributed by atoms with Gasteiger partial charge >= 0.3 is 0 Å². The molecular weight excluding hydrogens is 448 g/mol. The number of carbonyl (C=O) groups is 1. The number of nitrogens with one attached hydrogen (secondary N) is 2. The van der Waals surface area contributed by atoms with Crippen LogP contribution in [-0.2, 0) is 17.9 Å². The Balaban J connectivity index is 1.36. The minimum atomic E-state index is -0.293. The van der Waals surface area contributed by atoms with E-state index in [0.717, 1.165) is 22.3 Å². The molecule has 0 aliphatic rings. The lowest BCUT2D eigenvalue weighted by molar-refractivity contribution is -0.118. The Bertz CT molecular complexity index is 1320. The molecule has 34 heavy (non-hydrogen) atoms. The van der Waals surface area contributed by atoms with Crippen molar-refractivity contribution in [2.24, 2.45) is 5.10 Å². The molecule has 3 aromatic carbocycles. The smallest absolute Gasteiger partial charge is 0.250 e. The summed E-state index contributed by atoms with van der Waals surface area (Å²) in [6.45, 7) is 4.83. The maximum Gasteiger partial charge on any atom is 0.250 e. The van der Waals surface area contributed by atoms with Crippen molar-refractivity contribution < 1.29 is 9.90 Å². The Hall–Kier alpha value is -4.11. The normalized spacial score (nSPS) is 11.1. The zero-order valence-electron chi connectivity index (χ0n) is 18.4. The second-order valence-corrected chi connectivity index (χ2v) is 8.26. The Morgan fingerprint density at radius 1 is 1.09 bits per heavy atom. The van der Waals surface area contributed by atoms with Crippen molar-refractivity contribution in [2.45, 2.75) is 18.2 Å². The van der Waals surface area contributed by atoms with E-state index in [2.05, 4.69) is 32.6 Å². The van der Waals surface area contributed by atoms with Gasteiger partial charge in [0.1, 0.15) is 5.75 Å². The maximum absolute atomic E-state index is 12.3. The van der Waals surface area contributed by atoms with Gasteiger partial charge in [-0.3, -0.25) is 4.79 Å². The number of benzene rings is 3. The van der Waals surface area contributed by atoms with Crippen LogP contribution in [0.5, 0.6) is 5.75 Å². The fourth-order valence-corrected chi connectivity index (χ4v) is 4.12. The zero-order valence-corrected chi connectivity index (χ0v) is 19.2. The van der Waals surface area contributed by atoms with Crippen LogP contribution in [0.3, 0.4) is 0 Å². The third kappa shape index (κ3) is 5.62. The Morgan fingerprint density at radius 2 is 1.88 bits per heavy atom. The quantitative estimate of drug-likeness (QED) is 0.138. The van der Waals surface area contributed by atoms with E-state index in [-0.39, 0.29) is 17.4 Å². The summed E-state index contributed by atoms with van der Waals surface area (Å²) in [6.07, 6.45) is 3.22. The number of aromatic hydroxyl groups is 1. The molecule has 0 fully saturated rings. The number of rotatable bonds is 10.